The van der Waals surface area contributed by atoms with E-state index >= 15 is 0 Å². The molecule has 0 saturated carbocycles. The second kappa shape index (κ2) is 4.53. The van der Waals surface area contributed by atoms with Crippen LogP contribution in [0.15, 0.2) is 18.2 Å². The Labute approximate surface area is 97.3 Å². The molecule has 1 aliphatic rings. The van der Waals surface area contributed by atoms with Gasteiger partial charge in [-0.05, 0) is 18.6 Å². The van der Waals surface area contributed by atoms with Crippen LogP contribution >= 0.6 is 0 Å². The lowest BCUT2D eigenvalue weighted by molar-refractivity contribution is -0.153. The first kappa shape index (κ1) is 11.6. The maximum atomic E-state index is 13.4. The Hall–Kier alpha value is -1.91. The van der Waals surface area contributed by atoms with E-state index in [-0.39, 0.29) is 18.6 Å². The largest absolute Gasteiger partial charge is 0.463 e. The molecular formula is C12H11FO4. The van der Waals surface area contributed by atoms with Crippen molar-refractivity contribution in [2.24, 2.45) is 0 Å². The summed E-state index contributed by atoms with van der Waals surface area (Å²) < 4.78 is 23.0. The Kier molecular flexibility index (Phi) is 3.08. The van der Waals surface area contributed by atoms with Crippen LogP contribution in [-0.2, 0) is 20.7 Å². The quantitative estimate of drug-likeness (QED) is 0.732. The van der Waals surface area contributed by atoms with E-state index in [1.165, 1.54) is 12.1 Å². The number of halogens is 1. The third kappa shape index (κ3) is 2.13. The van der Waals surface area contributed by atoms with Crippen molar-refractivity contribution in [2.75, 3.05) is 6.61 Å². The van der Waals surface area contributed by atoms with Crippen LogP contribution in [0.1, 0.15) is 22.8 Å². The minimum atomic E-state index is -0.975. The van der Waals surface area contributed by atoms with E-state index < -0.39 is 23.9 Å². The number of rotatable bonds is 2. The summed E-state index contributed by atoms with van der Waals surface area (Å²) in [4.78, 5) is 23.0. The smallest absolute Gasteiger partial charge is 0.347 e. The van der Waals surface area contributed by atoms with Gasteiger partial charge in [-0.15, -0.1) is 0 Å². The zero-order chi connectivity index (χ0) is 12.4. The molecule has 0 bridgehead atoms. The van der Waals surface area contributed by atoms with Crippen LogP contribution in [0.25, 0.3) is 0 Å². The van der Waals surface area contributed by atoms with E-state index in [0.29, 0.717) is 5.56 Å². The molecule has 5 heteroatoms. The summed E-state index contributed by atoms with van der Waals surface area (Å²) in [6.07, 6.45) is -0.825. The highest BCUT2D eigenvalue weighted by Crippen LogP contribution is 2.23. The van der Waals surface area contributed by atoms with Crippen LogP contribution in [0.5, 0.6) is 0 Å². The van der Waals surface area contributed by atoms with Crippen molar-refractivity contribution in [3.05, 3.63) is 35.1 Å². The number of hydrogen-bond acceptors (Lipinski definition) is 4. The average molecular weight is 238 g/mol. The van der Waals surface area contributed by atoms with Crippen molar-refractivity contribution in [3.8, 4) is 0 Å². The van der Waals surface area contributed by atoms with E-state index in [1.807, 2.05) is 0 Å². The summed E-state index contributed by atoms with van der Waals surface area (Å²) in [6, 6.07) is 4.28. The SMILES string of the molecule is CCOC(=O)C1Cc2cccc(F)c2C(=O)O1. The molecule has 1 unspecified atom stereocenters. The summed E-state index contributed by atoms with van der Waals surface area (Å²) in [5.74, 6) is -2.05. The summed E-state index contributed by atoms with van der Waals surface area (Å²) >= 11 is 0. The van der Waals surface area contributed by atoms with Gasteiger partial charge in [0.25, 0.3) is 0 Å². The summed E-state index contributed by atoms with van der Waals surface area (Å²) in [5.41, 5.74) is 0.382. The fraction of sp³-hybridized carbons (Fsp3) is 0.333. The highest BCUT2D eigenvalue weighted by molar-refractivity contribution is 5.95. The molecule has 1 heterocycles. The van der Waals surface area contributed by atoms with Crippen molar-refractivity contribution in [3.63, 3.8) is 0 Å². The molecule has 0 N–H and O–H groups in total. The molecule has 90 valence electrons. The van der Waals surface area contributed by atoms with Gasteiger partial charge < -0.3 is 9.47 Å². The van der Waals surface area contributed by atoms with Crippen LogP contribution in [0.2, 0.25) is 0 Å². The van der Waals surface area contributed by atoms with Crippen molar-refractivity contribution in [1.29, 1.82) is 0 Å². The Morgan fingerprint density at radius 2 is 2.35 bits per heavy atom. The summed E-state index contributed by atoms with van der Waals surface area (Å²) in [5, 5.41) is 0. The van der Waals surface area contributed by atoms with Gasteiger partial charge in [0, 0.05) is 6.42 Å². The molecular weight excluding hydrogens is 227 g/mol. The molecule has 1 atom stereocenters. The van der Waals surface area contributed by atoms with E-state index in [1.54, 1.807) is 13.0 Å². The number of benzene rings is 1. The maximum absolute atomic E-state index is 13.4. The molecule has 0 amide bonds. The van der Waals surface area contributed by atoms with Crippen molar-refractivity contribution >= 4 is 11.9 Å². The Morgan fingerprint density at radius 1 is 1.59 bits per heavy atom. The molecule has 0 fully saturated rings. The van der Waals surface area contributed by atoms with Crippen LogP contribution in [0, 0.1) is 5.82 Å². The minimum absolute atomic E-state index is 0.0898. The fourth-order valence-corrected chi connectivity index (χ4v) is 1.76. The second-order valence-corrected chi connectivity index (χ2v) is 3.62. The predicted molar refractivity (Wildman–Crippen MR) is 55.9 cm³/mol. The van der Waals surface area contributed by atoms with Crippen LogP contribution < -0.4 is 0 Å². The molecule has 0 aromatic heterocycles. The van der Waals surface area contributed by atoms with Gasteiger partial charge in [-0.25, -0.2) is 14.0 Å². The highest BCUT2D eigenvalue weighted by Gasteiger charge is 2.33. The molecule has 0 radical (unpaired) electrons. The maximum Gasteiger partial charge on any atom is 0.347 e. The Morgan fingerprint density at radius 3 is 3.06 bits per heavy atom. The first-order valence-electron chi connectivity index (χ1n) is 5.28. The van der Waals surface area contributed by atoms with Gasteiger partial charge in [0.05, 0.1) is 12.2 Å². The second-order valence-electron chi connectivity index (χ2n) is 3.62. The lowest BCUT2D eigenvalue weighted by Gasteiger charge is -2.23. The van der Waals surface area contributed by atoms with Gasteiger partial charge in [-0.3, -0.25) is 0 Å². The van der Waals surface area contributed by atoms with E-state index in [0.717, 1.165) is 0 Å². The normalized spacial score (nSPS) is 18.2. The van der Waals surface area contributed by atoms with Crippen LogP contribution in [0.3, 0.4) is 0 Å². The van der Waals surface area contributed by atoms with Crippen molar-refractivity contribution < 1.29 is 23.5 Å². The summed E-state index contributed by atoms with van der Waals surface area (Å²) in [6.45, 7) is 1.87. The lowest BCUT2D eigenvalue weighted by Crippen LogP contribution is -2.36. The van der Waals surface area contributed by atoms with Gasteiger partial charge in [-0.2, -0.15) is 0 Å². The first-order chi connectivity index (χ1) is 8.13. The molecule has 0 aliphatic carbocycles. The van der Waals surface area contributed by atoms with Crippen LogP contribution in [-0.4, -0.2) is 24.6 Å². The topological polar surface area (TPSA) is 52.6 Å². The summed E-state index contributed by atoms with van der Waals surface area (Å²) in [7, 11) is 0. The average Bonchev–Trinajstić information content (AvgIpc) is 2.29. The number of ether oxygens (including phenoxy) is 2. The molecule has 4 nitrogen and oxygen atoms in total. The van der Waals surface area contributed by atoms with E-state index in [2.05, 4.69) is 0 Å². The van der Waals surface area contributed by atoms with Gasteiger partial charge in [0.15, 0.2) is 0 Å². The number of carbonyl (C=O) groups is 2. The van der Waals surface area contributed by atoms with Crippen molar-refractivity contribution in [2.45, 2.75) is 19.4 Å². The lowest BCUT2D eigenvalue weighted by atomic mass is 9.98. The minimum Gasteiger partial charge on any atom is -0.463 e. The van der Waals surface area contributed by atoms with Crippen molar-refractivity contribution in [1.82, 2.24) is 0 Å². The fourth-order valence-electron chi connectivity index (χ4n) is 1.76. The number of fused-ring (bicyclic) bond motifs is 1. The standard InChI is InChI=1S/C12H11FO4/c1-2-16-11(14)9-6-7-4-3-5-8(13)10(7)12(15)17-9/h3-5,9H,2,6H2,1H3. The van der Waals surface area contributed by atoms with Crippen LogP contribution in [0.4, 0.5) is 4.39 Å². The highest BCUT2D eigenvalue weighted by atomic mass is 19.1. The number of hydrogen-bond donors (Lipinski definition) is 0. The molecule has 1 aliphatic heterocycles. The van der Waals surface area contributed by atoms with Gasteiger partial charge in [0.2, 0.25) is 6.10 Å². The molecule has 1 aromatic carbocycles. The van der Waals surface area contributed by atoms with E-state index in [9.17, 15) is 14.0 Å². The van der Waals surface area contributed by atoms with E-state index in [4.69, 9.17) is 9.47 Å². The third-order valence-corrected chi connectivity index (χ3v) is 2.51. The Bertz CT molecular complexity index is 470. The molecule has 0 spiro atoms. The van der Waals surface area contributed by atoms with Gasteiger partial charge in [-0.1, -0.05) is 12.1 Å². The monoisotopic (exact) mass is 238 g/mol. The molecule has 17 heavy (non-hydrogen) atoms. The first-order valence-corrected chi connectivity index (χ1v) is 5.28. The molecule has 1 aromatic rings. The number of cyclic esters (lactones) is 1. The van der Waals surface area contributed by atoms with Gasteiger partial charge >= 0.3 is 11.9 Å². The third-order valence-electron chi connectivity index (χ3n) is 2.51. The molecule has 0 saturated heterocycles. The van der Waals surface area contributed by atoms with Gasteiger partial charge in [0.1, 0.15) is 5.82 Å². The molecule has 2 rings (SSSR count). The predicted octanol–water partition coefficient (Wildman–Crippen LogP) is 1.47. The Balaban J connectivity index is 2.28. The zero-order valence-electron chi connectivity index (χ0n) is 9.23. The number of esters is 2. The zero-order valence-corrected chi connectivity index (χ0v) is 9.23. The number of carbonyl (C=O) groups excluding carboxylic acids is 2.